The largest absolute Gasteiger partial charge is 0.399 e. The first-order chi connectivity index (χ1) is 7.74. The first kappa shape index (κ1) is 10.7. The van der Waals surface area contributed by atoms with Crippen LogP contribution in [0, 0.1) is 6.92 Å². The van der Waals surface area contributed by atoms with Crippen LogP contribution in [0.5, 0.6) is 0 Å². The lowest BCUT2D eigenvalue weighted by atomic mass is 10.1. The third kappa shape index (κ3) is 2.82. The molecule has 2 aromatic rings. The van der Waals surface area contributed by atoms with Crippen molar-refractivity contribution >= 4 is 5.69 Å². The Morgan fingerprint density at radius 1 is 1.19 bits per heavy atom. The van der Waals surface area contributed by atoms with E-state index in [0.29, 0.717) is 5.89 Å². The highest BCUT2D eigenvalue weighted by Crippen LogP contribution is 2.09. The molecule has 2 rings (SSSR count). The smallest absolute Gasteiger partial charge is 0.223 e. The molecule has 4 nitrogen and oxygen atoms in total. The summed E-state index contributed by atoms with van der Waals surface area (Å²) in [4.78, 5) is 4.16. The second kappa shape index (κ2) is 4.79. The van der Waals surface area contributed by atoms with Gasteiger partial charge in [0.1, 0.15) is 0 Å². The summed E-state index contributed by atoms with van der Waals surface area (Å²) in [5.74, 6) is 1.41. The van der Waals surface area contributed by atoms with Gasteiger partial charge in [0, 0.05) is 19.0 Å². The predicted octanol–water partition coefficient (Wildman–Crippen LogP) is 2.14. The first-order valence-corrected chi connectivity index (χ1v) is 5.37. The van der Waals surface area contributed by atoms with Crippen molar-refractivity contribution in [3.63, 3.8) is 0 Å². The fourth-order valence-electron chi connectivity index (χ4n) is 1.58. The quantitative estimate of drug-likeness (QED) is 0.797. The molecule has 0 radical (unpaired) electrons. The molecule has 0 fully saturated rings. The van der Waals surface area contributed by atoms with Crippen LogP contribution in [0.4, 0.5) is 5.69 Å². The molecule has 4 heteroatoms. The highest BCUT2D eigenvalue weighted by atomic mass is 16.5. The Balaban J connectivity index is 1.82. The third-order valence-electron chi connectivity index (χ3n) is 2.42. The minimum Gasteiger partial charge on any atom is -0.399 e. The van der Waals surface area contributed by atoms with Gasteiger partial charge in [0.05, 0.1) is 0 Å². The topological polar surface area (TPSA) is 64.9 Å². The van der Waals surface area contributed by atoms with Gasteiger partial charge >= 0.3 is 0 Å². The molecule has 2 N–H and O–H groups in total. The standard InChI is InChI=1S/C12H15N3O/c1-9-14-12(15-16-9)4-2-3-10-5-7-11(13)8-6-10/h5-8H,2-4,13H2,1H3. The number of hydrogen-bond donors (Lipinski definition) is 1. The lowest BCUT2D eigenvalue weighted by Crippen LogP contribution is -1.93. The Morgan fingerprint density at radius 3 is 2.56 bits per heavy atom. The summed E-state index contributed by atoms with van der Waals surface area (Å²) >= 11 is 0. The van der Waals surface area contributed by atoms with Crippen LogP contribution in [0.2, 0.25) is 0 Å². The van der Waals surface area contributed by atoms with E-state index < -0.39 is 0 Å². The van der Waals surface area contributed by atoms with Crippen molar-refractivity contribution in [1.29, 1.82) is 0 Å². The highest BCUT2D eigenvalue weighted by molar-refractivity contribution is 5.39. The molecule has 0 aliphatic heterocycles. The second-order valence-electron chi connectivity index (χ2n) is 3.82. The summed E-state index contributed by atoms with van der Waals surface area (Å²) < 4.78 is 4.91. The van der Waals surface area contributed by atoms with Gasteiger partial charge in [-0.15, -0.1) is 0 Å². The maximum atomic E-state index is 5.62. The summed E-state index contributed by atoms with van der Waals surface area (Å²) in [6, 6.07) is 7.95. The normalized spacial score (nSPS) is 10.6. The van der Waals surface area contributed by atoms with E-state index in [4.69, 9.17) is 10.3 Å². The number of rotatable bonds is 4. The van der Waals surface area contributed by atoms with Gasteiger partial charge in [0.15, 0.2) is 5.82 Å². The second-order valence-corrected chi connectivity index (χ2v) is 3.82. The van der Waals surface area contributed by atoms with Crippen LogP contribution >= 0.6 is 0 Å². The van der Waals surface area contributed by atoms with E-state index in [1.165, 1.54) is 5.56 Å². The number of aryl methyl sites for hydroxylation is 3. The minimum absolute atomic E-state index is 0.627. The molecule has 0 bridgehead atoms. The third-order valence-corrected chi connectivity index (χ3v) is 2.42. The van der Waals surface area contributed by atoms with Crippen molar-refractivity contribution in [3.8, 4) is 0 Å². The van der Waals surface area contributed by atoms with E-state index in [-0.39, 0.29) is 0 Å². The van der Waals surface area contributed by atoms with Crippen LogP contribution in [-0.2, 0) is 12.8 Å². The molecule has 1 aromatic heterocycles. The Hall–Kier alpha value is -1.84. The van der Waals surface area contributed by atoms with Gasteiger partial charge in [-0.05, 0) is 30.5 Å². The Labute approximate surface area is 94.5 Å². The monoisotopic (exact) mass is 217 g/mol. The molecule has 0 atom stereocenters. The summed E-state index contributed by atoms with van der Waals surface area (Å²) in [6.07, 6.45) is 2.87. The molecule has 16 heavy (non-hydrogen) atoms. The fraction of sp³-hybridized carbons (Fsp3) is 0.333. The predicted molar refractivity (Wildman–Crippen MR) is 61.9 cm³/mol. The van der Waals surface area contributed by atoms with Crippen molar-refractivity contribution < 1.29 is 4.52 Å². The average Bonchev–Trinajstić information content (AvgIpc) is 2.67. The van der Waals surface area contributed by atoms with Gasteiger partial charge in [0.25, 0.3) is 0 Å². The molecule has 0 saturated heterocycles. The Kier molecular flexibility index (Phi) is 3.19. The van der Waals surface area contributed by atoms with Gasteiger partial charge in [-0.25, -0.2) is 0 Å². The van der Waals surface area contributed by atoms with Gasteiger partial charge in [-0.3, -0.25) is 0 Å². The van der Waals surface area contributed by atoms with Crippen molar-refractivity contribution in [3.05, 3.63) is 41.5 Å². The number of nitrogens with zero attached hydrogens (tertiary/aromatic N) is 2. The van der Waals surface area contributed by atoms with E-state index >= 15 is 0 Å². The molecule has 1 aromatic carbocycles. The van der Waals surface area contributed by atoms with E-state index in [9.17, 15) is 0 Å². The number of nitrogens with two attached hydrogens (primary N) is 1. The minimum atomic E-state index is 0.627. The van der Waals surface area contributed by atoms with Gasteiger partial charge < -0.3 is 10.3 Å². The van der Waals surface area contributed by atoms with Gasteiger partial charge in [-0.2, -0.15) is 4.98 Å². The van der Waals surface area contributed by atoms with Crippen LogP contribution in [-0.4, -0.2) is 10.1 Å². The number of anilines is 1. The summed E-state index contributed by atoms with van der Waals surface area (Å²) in [7, 11) is 0. The fourth-order valence-corrected chi connectivity index (χ4v) is 1.58. The SMILES string of the molecule is Cc1nc(CCCc2ccc(N)cc2)no1. The summed E-state index contributed by atoms with van der Waals surface area (Å²) in [5, 5.41) is 3.85. The first-order valence-electron chi connectivity index (χ1n) is 5.37. The molecular formula is C12H15N3O. The number of benzene rings is 1. The van der Waals surface area contributed by atoms with E-state index in [1.54, 1.807) is 6.92 Å². The van der Waals surface area contributed by atoms with Crippen LogP contribution in [0.1, 0.15) is 23.7 Å². The maximum Gasteiger partial charge on any atom is 0.223 e. The molecule has 1 heterocycles. The van der Waals surface area contributed by atoms with Crippen molar-refractivity contribution in [2.24, 2.45) is 0 Å². The van der Waals surface area contributed by atoms with Crippen molar-refractivity contribution in [2.45, 2.75) is 26.2 Å². The Morgan fingerprint density at radius 2 is 1.94 bits per heavy atom. The van der Waals surface area contributed by atoms with Crippen LogP contribution in [0.15, 0.2) is 28.8 Å². The molecule has 0 aliphatic carbocycles. The van der Waals surface area contributed by atoms with E-state index in [2.05, 4.69) is 22.3 Å². The summed E-state index contributed by atoms with van der Waals surface area (Å²) in [6.45, 7) is 1.80. The Bertz CT molecular complexity index is 448. The zero-order valence-electron chi connectivity index (χ0n) is 9.31. The number of hydrogen-bond acceptors (Lipinski definition) is 4. The molecule has 0 unspecified atom stereocenters. The lowest BCUT2D eigenvalue weighted by Gasteiger charge is -2.00. The molecule has 84 valence electrons. The molecule has 0 saturated carbocycles. The van der Waals surface area contributed by atoms with Crippen LogP contribution in [0.25, 0.3) is 0 Å². The van der Waals surface area contributed by atoms with Gasteiger partial charge in [-0.1, -0.05) is 17.3 Å². The summed E-state index contributed by atoms with van der Waals surface area (Å²) in [5.41, 5.74) is 7.71. The molecule has 0 amide bonds. The maximum absolute atomic E-state index is 5.62. The average molecular weight is 217 g/mol. The van der Waals surface area contributed by atoms with Crippen LogP contribution in [0.3, 0.4) is 0 Å². The van der Waals surface area contributed by atoms with Crippen molar-refractivity contribution in [1.82, 2.24) is 10.1 Å². The number of nitrogen functional groups attached to an aromatic ring is 1. The highest BCUT2D eigenvalue weighted by Gasteiger charge is 2.01. The lowest BCUT2D eigenvalue weighted by molar-refractivity contribution is 0.387. The van der Waals surface area contributed by atoms with E-state index in [0.717, 1.165) is 30.8 Å². The van der Waals surface area contributed by atoms with E-state index in [1.807, 2.05) is 12.1 Å². The molecule has 0 spiro atoms. The number of aromatic nitrogens is 2. The molecular weight excluding hydrogens is 202 g/mol. The van der Waals surface area contributed by atoms with Gasteiger partial charge in [0.2, 0.25) is 5.89 Å². The van der Waals surface area contributed by atoms with Crippen molar-refractivity contribution in [2.75, 3.05) is 5.73 Å². The van der Waals surface area contributed by atoms with Crippen LogP contribution < -0.4 is 5.73 Å². The zero-order valence-corrected chi connectivity index (χ0v) is 9.31. The zero-order chi connectivity index (χ0) is 11.4. The molecule has 0 aliphatic rings.